The van der Waals surface area contributed by atoms with E-state index < -0.39 is 5.91 Å². The topological polar surface area (TPSA) is 86.2 Å². The molecule has 3 aromatic rings. The lowest BCUT2D eigenvalue weighted by atomic mass is 10.1. The number of primary amides is 1. The van der Waals surface area contributed by atoms with Crippen molar-refractivity contribution in [1.29, 1.82) is 0 Å². The highest BCUT2D eigenvalue weighted by Gasteiger charge is 2.14. The van der Waals surface area contributed by atoms with Crippen molar-refractivity contribution < 1.29 is 4.79 Å². The predicted octanol–water partition coefficient (Wildman–Crippen LogP) is 1.51. The molecule has 0 atom stereocenters. The fraction of sp³-hybridized carbons (Fsp3) is 0.143. The molecule has 2 N–H and O–H groups in total. The van der Waals surface area contributed by atoms with Gasteiger partial charge in [-0.1, -0.05) is 0 Å². The first-order chi connectivity index (χ1) is 9.58. The maximum Gasteiger partial charge on any atom is 0.254 e. The van der Waals surface area contributed by atoms with Crippen molar-refractivity contribution in [2.24, 2.45) is 5.73 Å². The molecule has 0 unspecified atom stereocenters. The quantitative estimate of drug-likeness (QED) is 0.762. The van der Waals surface area contributed by atoms with Crippen LogP contribution in [-0.2, 0) is 0 Å². The first kappa shape index (κ1) is 12.3. The lowest BCUT2D eigenvalue weighted by molar-refractivity contribution is 0.100. The highest BCUT2D eigenvalue weighted by atomic mass is 16.1. The zero-order valence-corrected chi connectivity index (χ0v) is 11.2. The smallest absolute Gasteiger partial charge is 0.254 e. The number of fused-ring (bicyclic) bond motifs is 1. The number of hydrogen-bond acceptors (Lipinski definition) is 4. The van der Waals surface area contributed by atoms with Crippen molar-refractivity contribution in [2.75, 3.05) is 0 Å². The summed E-state index contributed by atoms with van der Waals surface area (Å²) in [4.78, 5) is 20.2. The molecule has 0 fully saturated rings. The fourth-order valence-electron chi connectivity index (χ4n) is 2.18. The van der Waals surface area contributed by atoms with Crippen LogP contribution < -0.4 is 5.73 Å². The standard InChI is InChI=1S/C14H13N5O/c1-8-6-12(10-4-3-5-16-9(10)2)18-14-11(13(15)20)7-17-19(8)14/h3-7H,1-2H3,(H2,15,20). The summed E-state index contributed by atoms with van der Waals surface area (Å²) in [7, 11) is 0. The third-order valence-electron chi connectivity index (χ3n) is 3.20. The summed E-state index contributed by atoms with van der Waals surface area (Å²) >= 11 is 0. The van der Waals surface area contributed by atoms with Crippen molar-refractivity contribution in [1.82, 2.24) is 19.6 Å². The number of nitrogens with two attached hydrogens (primary N) is 1. The summed E-state index contributed by atoms with van der Waals surface area (Å²) in [5.41, 5.74) is 9.57. The van der Waals surface area contributed by atoms with Gasteiger partial charge in [-0.25, -0.2) is 9.50 Å². The van der Waals surface area contributed by atoms with E-state index in [1.807, 2.05) is 32.0 Å². The lowest BCUT2D eigenvalue weighted by Gasteiger charge is -2.07. The van der Waals surface area contributed by atoms with Gasteiger partial charge in [0.2, 0.25) is 0 Å². The maximum absolute atomic E-state index is 11.4. The number of pyridine rings is 1. The Morgan fingerprint density at radius 2 is 2.15 bits per heavy atom. The van der Waals surface area contributed by atoms with Gasteiger partial charge in [-0.3, -0.25) is 9.78 Å². The normalized spacial score (nSPS) is 10.9. The molecular formula is C14H13N5O. The molecule has 0 aliphatic heterocycles. The van der Waals surface area contributed by atoms with Gasteiger partial charge in [-0.15, -0.1) is 0 Å². The molecule has 0 aromatic carbocycles. The molecule has 0 saturated carbocycles. The van der Waals surface area contributed by atoms with E-state index in [1.54, 1.807) is 10.7 Å². The molecule has 6 heteroatoms. The van der Waals surface area contributed by atoms with Crippen molar-refractivity contribution >= 4 is 11.6 Å². The molecule has 0 bridgehead atoms. The van der Waals surface area contributed by atoms with Crippen molar-refractivity contribution in [3.8, 4) is 11.3 Å². The van der Waals surface area contributed by atoms with Crippen LogP contribution in [0.5, 0.6) is 0 Å². The zero-order chi connectivity index (χ0) is 14.3. The molecule has 100 valence electrons. The third-order valence-corrected chi connectivity index (χ3v) is 3.20. The Labute approximate surface area is 115 Å². The van der Waals surface area contributed by atoms with Gasteiger partial charge in [0.15, 0.2) is 5.65 Å². The van der Waals surface area contributed by atoms with Crippen LogP contribution in [0.15, 0.2) is 30.6 Å². The number of hydrogen-bond donors (Lipinski definition) is 1. The van der Waals surface area contributed by atoms with Gasteiger partial charge in [-0.2, -0.15) is 5.10 Å². The number of amides is 1. The first-order valence-corrected chi connectivity index (χ1v) is 6.15. The van der Waals surface area contributed by atoms with E-state index in [1.165, 1.54) is 6.20 Å². The van der Waals surface area contributed by atoms with Gasteiger partial charge >= 0.3 is 0 Å². The molecule has 6 nitrogen and oxygen atoms in total. The Balaban J connectivity index is 2.31. The fourth-order valence-corrected chi connectivity index (χ4v) is 2.18. The van der Waals surface area contributed by atoms with Crippen LogP contribution in [0, 0.1) is 13.8 Å². The summed E-state index contributed by atoms with van der Waals surface area (Å²) in [6, 6.07) is 5.71. The maximum atomic E-state index is 11.4. The Hall–Kier alpha value is -2.76. The van der Waals surface area contributed by atoms with Crippen LogP contribution in [-0.4, -0.2) is 25.5 Å². The van der Waals surface area contributed by atoms with E-state index >= 15 is 0 Å². The minimum atomic E-state index is -0.535. The highest BCUT2D eigenvalue weighted by Crippen LogP contribution is 2.22. The van der Waals surface area contributed by atoms with Gasteiger partial charge < -0.3 is 5.73 Å². The van der Waals surface area contributed by atoms with E-state index in [0.717, 1.165) is 22.6 Å². The van der Waals surface area contributed by atoms with Crippen LogP contribution in [0.4, 0.5) is 0 Å². The van der Waals surface area contributed by atoms with Crippen molar-refractivity contribution in [3.63, 3.8) is 0 Å². The Morgan fingerprint density at radius 3 is 2.85 bits per heavy atom. The molecule has 0 spiro atoms. The number of aryl methyl sites for hydroxylation is 2. The summed E-state index contributed by atoms with van der Waals surface area (Å²) in [6.07, 6.45) is 3.18. The number of rotatable bonds is 2. The Morgan fingerprint density at radius 1 is 1.35 bits per heavy atom. The number of nitrogens with zero attached hydrogens (tertiary/aromatic N) is 4. The minimum absolute atomic E-state index is 0.316. The zero-order valence-electron chi connectivity index (χ0n) is 11.2. The SMILES string of the molecule is Cc1ncccc1-c1cc(C)n2ncc(C(N)=O)c2n1. The Kier molecular flexibility index (Phi) is 2.71. The second kappa shape index (κ2) is 4.41. The molecule has 3 aromatic heterocycles. The van der Waals surface area contributed by atoms with Gasteiger partial charge in [0.1, 0.15) is 5.56 Å². The second-order valence-corrected chi connectivity index (χ2v) is 4.58. The van der Waals surface area contributed by atoms with Crippen LogP contribution >= 0.6 is 0 Å². The lowest BCUT2D eigenvalue weighted by Crippen LogP contribution is -2.11. The molecule has 1 amide bonds. The number of carbonyl (C=O) groups is 1. The van der Waals surface area contributed by atoms with Crippen molar-refractivity contribution in [3.05, 3.63) is 47.5 Å². The average molecular weight is 267 g/mol. The van der Waals surface area contributed by atoms with E-state index in [9.17, 15) is 4.79 Å². The molecule has 20 heavy (non-hydrogen) atoms. The van der Waals surface area contributed by atoms with Crippen LogP contribution in [0.2, 0.25) is 0 Å². The Bertz CT molecular complexity index is 822. The van der Waals surface area contributed by atoms with Gasteiger partial charge in [0, 0.05) is 23.1 Å². The van der Waals surface area contributed by atoms with E-state index in [0.29, 0.717) is 11.2 Å². The summed E-state index contributed by atoms with van der Waals surface area (Å²) in [6.45, 7) is 3.82. The second-order valence-electron chi connectivity index (χ2n) is 4.58. The van der Waals surface area contributed by atoms with E-state index in [2.05, 4.69) is 15.1 Å². The molecular weight excluding hydrogens is 254 g/mol. The summed E-state index contributed by atoms with van der Waals surface area (Å²) in [5, 5.41) is 4.13. The number of carbonyl (C=O) groups excluding carboxylic acids is 1. The molecule has 0 aliphatic rings. The average Bonchev–Trinajstić information content (AvgIpc) is 2.83. The van der Waals surface area contributed by atoms with Crippen LogP contribution in [0.1, 0.15) is 21.7 Å². The van der Waals surface area contributed by atoms with Gasteiger partial charge in [0.25, 0.3) is 5.91 Å². The molecule has 0 radical (unpaired) electrons. The molecule has 3 rings (SSSR count). The van der Waals surface area contributed by atoms with E-state index in [-0.39, 0.29) is 0 Å². The monoisotopic (exact) mass is 267 g/mol. The summed E-state index contributed by atoms with van der Waals surface area (Å²) < 4.78 is 1.61. The van der Waals surface area contributed by atoms with Gasteiger partial charge in [0.05, 0.1) is 11.9 Å². The third kappa shape index (κ3) is 1.82. The highest BCUT2D eigenvalue weighted by molar-refractivity contribution is 5.98. The molecule has 0 aliphatic carbocycles. The largest absolute Gasteiger partial charge is 0.365 e. The van der Waals surface area contributed by atoms with Gasteiger partial charge in [-0.05, 0) is 32.0 Å². The minimum Gasteiger partial charge on any atom is -0.365 e. The van der Waals surface area contributed by atoms with Crippen LogP contribution in [0.3, 0.4) is 0 Å². The van der Waals surface area contributed by atoms with E-state index in [4.69, 9.17) is 5.73 Å². The summed E-state index contributed by atoms with van der Waals surface area (Å²) in [5.74, 6) is -0.535. The van der Waals surface area contributed by atoms with Crippen LogP contribution in [0.25, 0.3) is 16.9 Å². The van der Waals surface area contributed by atoms with Crippen molar-refractivity contribution in [2.45, 2.75) is 13.8 Å². The molecule has 0 saturated heterocycles. The number of aromatic nitrogens is 4. The predicted molar refractivity (Wildman–Crippen MR) is 74.2 cm³/mol. The molecule has 3 heterocycles. The first-order valence-electron chi connectivity index (χ1n) is 6.15.